The van der Waals surface area contributed by atoms with Crippen molar-refractivity contribution in [3.8, 4) is 11.5 Å². The van der Waals surface area contributed by atoms with Crippen LogP contribution in [0.25, 0.3) is 0 Å². The molecule has 1 amide bonds. The minimum absolute atomic E-state index is 0.0923. The largest absolute Gasteiger partial charge is 0.486 e. The number of carbonyl (C=O) groups is 1. The maximum Gasteiger partial charge on any atom is 0.268 e. The van der Waals surface area contributed by atoms with Crippen molar-refractivity contribution in [2.45, 2.75) is 4.90 Å². The van der Waals surface area contributed by atoms with Gasteiger partial charge in [0.05, 0.1) is 5.56 Å². The van der Waals surface area contributed by atoms with Crippen LogP contribution in [0.5, 0.6) is 11.5 Å². The Labute approximate surface area is 126 Å². The first kappa shape index (κ1) is 14.3. The third-order valence-electron chi connectivity index (χ3n) is 2.98. The molecular formula is C14H12N2O5S. The van der Waals surface area contributed by atoms with E-state index in [1.54, 1.807) is 12.1 Å². The highest BCUT2D eigenvalue weighted by atomic mass is 32.2. The van der Waals surface area contributed by atoms with Crippen molar-refractivity contribution in [2.75, 3.05) is 13.2 Å². The zero-order valence-electron chi connectivity index (χ0n) is 11.4. The molecule has 0 aliphatic carbocycles. The van der Waals surface area contributed by atoms with Gasteiger partial charge < -0.3 is 9.47 Å². The van der Waals surface area contributed by atoms with Crippen LogP contribution in [0.4, 0.5) is 0 Å². The Bertz CT molecular complexity index is 805. The van der Waals surface area contributed by atoms with E-state index in [0.29, 0.717) is 19.0 Å². The van der Waals surface area contributed by atoms with Gasteiger partial charge in [0.1, 0.15) is 18.1 Å². The molecule has 8 heteroatoms. The lowest BCUT2D eigenvalue weighted by Crippen LogP contribution is -2.31. The Morgan fingerprint density at radius 3 is 2.73 bits per heavy atom. The van der Waals surface area contributed by atoms with Gasteiger partial charge in [-0.3, -0.25) is 9.78 Å². The van der Waals surface area contributed by atoms with Gasteiger partial charge in [0.25, 0.3) is 15.9 Å². The third-order valence-corrected chi connectivity index (χ3v) is 4.30. The summed E-state index contributed by atoms with van der Waals surface area (Å²) in [5, 5.41) is 0. The van der Waals surface area contributed by atoms with Crippen LogP contribution >= 0.6 is 0 Å². The van der Waals surface area contributed by atoms with Gasteiger partial charge in [0.2, 0.25) is 0 Å². The highest BCUT2D eigenvalue weighted by Crippen LogP contribution is 2.33. The predicted molar refractivity (Wildman–Crippen MR) is 76.3 cm³/mol. The van der Waals surface area contributed by atoms with Crippen molar-refractivity contribution in [1.29, 1.82) is 0 Å². The quantitative estimate of drug-likeness (QED) is 0.905. The van der Waals surface area contributed by atoms with Crippen molar-refractivity contribution in [3.05, 3.63) is 48.3 Å². The second kappa shape index (κ2) is 5.64. The summed E-state index contributed by atoms with van der Waals surface area (Å²) in [4.78, 5) is 15.9. The van der Waals surface area contributed by atoms with Crippen LogP contribution in [0.15, 0.2) is 47.6 Å². The molecule has 1 aliphatic heterocycles. The van der Waals surface area contributed by atoms with Gasteiger partial charge in [-0.25, -0.2) is 13.1 Å². The number of ether oxygens (including phenoxy) is 2. The maximum atomic E-state index is 12.3. The molecule has 0 spiro atoms. The van der Waals surface area contributed by atoms with Crippen molar-refractivity contribution in [2.24, 2.45) is 0 Å². The summed E-state index contributed by atoms with van der Waals surface area (Å²) in [7, 11) is -3.99. The lowest BCUT2D eigenvalue weighted by Gasteiger charge is -2.20. The fraction of sp³-hybridized carbons (Fsp3) is 0.143. The zero-order chi connectivity index (χ0) is 15.6. The lowest BCUT2D eigenvalue weighted by atomic mass is 10.1. The molecule has 0 saturated carbocycles. The van der Waals surface area contributed by atoms with Crippen LogP contribution in [-0.2, 0) is 10.0 Å². The van der Waals surface area contributed by atoms with E-state index in [9.17, 15) is 13.2 Å². The summed E-state index contributed by atoms with van der Waals surface area (Å²) in [6.07, 6.45) is 2.61. The van der Waals surface area contributed by atoms with E-state index < -0.39 is 15.9 Å². The molecule has 1 aromatic carbocycles. The van der Waals surface area contributed by atoms with Crippen LogP contribution in [0.1, 0.15) is 10.4 Å². The molecule has 1 aromatic heterocycles. The van der Waals surface area contributed by atoms with E-state index in [0.717, 1.165) is 6.20 Å². The molecule has 3 rings (SSSR count). The highest BCUT2D eigenvalue weighted by molar-refractivity contribution is 7.90. The standard InChI is InChI=1S/C14H12N2O5S/c17-14(16-22(18,19)10-3-2-6-15-9-10)11-4-1-5-12-13(11)21-8-7-20-12/h1-6,9H,7-8H2,(H,16,17). The molecular weight excluding hydrogens is 308 g/mol. The average Bonchev–Trinajstić information content (AvgIpc) is 2.54. The Balaban J connectivity index is 1.90. The fourth-order valence-electron chi connectivity index (χ4n) is 1.99. The number of nitrogens with one attached hydrogen (secondary N) is 1. The van der Waals surface area contributed by atoms with Gasteiger partial charge in [-0.1, -0.05) is 6.07 Å². The summed E-state index contributed by atoms with van der Waals surface area (Å²) < 4.78 is 37.0. The fourth-order valence-corrected chi connectivity index (χ4v) is 2.92. The molecule has 1 N–H and O–H groups in total. The van der Waals surface area contributed by atoms with E-state index in [-0.39, 0.29) is 16.2 Å². The number of sulfonamides is 1. The number of hydrogen-bond acceptors (Lipinski definition) is 6. The Kier molecular flexibility index (Phi) is 3.68. The lowest BCUT2D eigenvalue weighted by molar-refractivity contribution is 0.0970. The van der Waals surface area contributed by atoms with Gasteiger partial charge in [-0.05, 0) is 24.3 Å². The SMILES string of the molecule is O=C(NS(=O)(=O)c1cccnc1)c1cccc2c1OCCO2. The molecule has 0 atom stereocenters. The number of fused-ring (bicyclic) bond motifs is 1. The molecule has 2 heterocycles. The smallest absolute Gasteiger partial charge is 0.268 e. The molecule has 0 bridgehead atoms. The number of pyridine rings is 1. The van der Waals surface area contributed by atoms with Crippen LogP contribution in [0.3, 0.4) is 0 Å². The number of rotatable bonds is 3. The first-order valence-electron chi connectivity index (χ1n) is 6.44. The van der Waals surface area contributed by atoms with Crippen molar-refractivity contribution >= 4 is 15.9 Å². The number of para-hydroxylation sites is 1. The number of amides is 1. The second-order valence-corrected chi connectivity index (χ2v) is 6.14. The van der Waals surface area contributed by atoms with Gasteiger partial charge in [0, 0.05) is 12.4 Å². The molecule has 7 nitrogen and oxygen atoms in total. The minimum Gasteiger partial charge on any atom is -0.486 e. The molecule has 114 valence electrons. The maximum absolute atomic E-state index is 12.3. The first-order chi connectivity index (χ1) is 10.6. The Hall–Kier alpha value is -2.61. The first-order valence-corrected chi connectivity index (χ1v) is 7.92. The zero-order valence-corrected chi connectivity index (χ0v) is 12.2. The Morgan fingerprint density at radius 1 is 1.14 bits per heavy atom. The van der Waals surface area contributed by atoms with Crippen molar-refractivity contribution < 1.29 is 22.7 Å². The normalized spacial score (nSPS) is 13.5. The molecule has 0 radical (unpaired) electrons. The van der Waals surface area contributed by atoms with E-state index >= 15 is 0 Å². The molecule has 2 aromatic rings. The van der Waals surface area contributed by atoms with Crippen molar-refractivity contribution in [3.63, 3.8) is 0 Å². The molecule has 22 heavy (non-hydrogen) atoms. The van der Waals surface area contributed by atoms with E-state index in [4.69, 9.17) is 9.47 Å². The summed E-state index contributed by atoms with van der Waals surface area (Å²) in [5.74, 6) is -0.128. The number of nitrogens with zero attached hydrogens (tertiary/aromatic N) is 1. The van der Waals surface area contributed by atoms with Gasteiger partial charge >= 0.3 is 0 Å². The highest BCUT2D eigenvalue weighted by Gasteiger charge is 2.24. The van der Waals surface area contributed by atoms with Crippen LogP contribution in [0.2, 0.25) is 0 Å². The van der Waals surface area contributed by atoms with Gasteiger partial charge in [-0.2, -0.15) is 0 Å². The molecule has 1 aliphatic rings. The van der Waals surface area contributed by atoms with Gasteiger partial charge in [0.15, 0.2) is 11.5 Å². The molecule has 0 saturated heterocycles. The topological polar surface area (TPSA) is 94.6 Å². The second-order valence-electron chi connectivity index (χ2n) is 4.45. The molecule has 0 unspecified atom stereocenters. The number of hydrogen-bond donors (Lipinski definition) is 1. The predicted octanol–water partition coefficient (Wildman–Crippen LogP) is 0.971. The molecule has 0 fully saturated rings. The number of carbonyl (C=O) groups excluding carboxylic acids is 1. The van der Waals surface area contributed by atoms with E-state index in [2.05, 4.69) is 4.98 Å². The summed E-state index contributed by atoms with van der Waals surface area (Å²) in [6.45, 7) is 0.679. The van der Waals surface area contributed by atoms with Crippen LogP contribution in [-0.4, -0.2) is 32.5 Å². The summed E-state index contributed by atoms with van der Waals surface area (Å²) >= 11 is 0. The van der Waals surface area contributed by atoms with Gasteiger partial charge in [-0.15, -0.1) is 0 Å². The Morgan fingerprint density at radius 2 is 1.95 bits per heavy atom. The summed E-state index contributed by atoms with van der Waals surface area (Å²) in [6, 6.07) is 7.55. The van der Waals surface area contributed by atoms with Crippen LogP contribution in [0, 0.1) is 0 Å². The average molecular weight is 320 g/mol. The van der Waals surface area contributed by atoms with E-state index in [1.165, 1.54) is 24.4 Å². The minimum atomic E-state index is -3.99. The van der Waals surface area contributed by atoms with Crippen molar-refractivity contribution in [1.82, 2.24) is 9.71 Å². The number of aromatic nitrogens is 1. The van der Waals surface area contributed by atoms with E-state index in [1.807, 2.05) is 4.72 Å². The number of benzene rings is 1. The summed E-state index contributed by atoms with van der Waals surface area (Å²) in [5.41, 5.74) is 0.102. The monoisotopic (exact) mass is 320 g/mol. The van der Waals surface area contributed by atoms with Crippen LogP contribution < -0.4 is 14.2 Å². The third kappa shape index (κ3) is 2.73.